The Kier molecular flexibility index (Phi) is 3.78. The van der Waals surface area contributed by atoms with Crippen molar-refractivity contribution in [3.63, 3.8) is 0 Å². The molecule has 1 aromatic rings. The molecule has 110 valence electrons. The summed E-state index contributed by atoms with van der Waals surface area (Å²) >= 11 is 0. The van der Waals surface area contributed by atoms with E-state index in [4.69, 9.17) is 5.73 Å². The molecule has 0 amide bonds. The number of halogens is 2. The Morgan fingerprint density at radius 1 is 1.20 bits per heavy atom. The number of nitrogens with two attached hydrogens (primary N) is 1. The van der Waals surface area contributed by atoms with Crippen molar-refractivity contribution < 1.29 is 13.9 Å². The molecule has 0 saturated heterocycles. The normalized spacial score (nSPS) is 31.5. The highest BCUT2D eigenvalue weighted by molar-refractivity contribution is 5.25. The summed E-state index contributed by atoms with van der Waals surface area (Å²) in [6.45, 7) is 0.180. The van der Waals surface area contributed by atoms with Crippen LogP contribution in [0.4, 0.5) is 8.78 Å². The average molecular weight is 281 g/mol. The van der Waals surface area contributed by atoms with Crippen LogP contribution in [-0.2, 0) is 0 Å². The average Bonchev–Trinajstić information content (AvgIpc) is 3.16. The van der Waals surface area contributed by atoms with Crippen LogP contribution < -0.4 is 5.73 Å². The SMILES string of the molecule is NCC(c1ccc(F)cc1F)C(O)C1C2CCCCC21. The van der Waals surface area contributed by atoms with Crippen molar-refractivity contribution in [2.75, 3.05) is 6.54 Å². The third-order valence-corrected chi connectivity index (χ3v) is 5.15. The molecule has 4 heteroatoms. The third kappa shape index (κ3) is 2.35. The van der Waals surface area contributed by atoms with Crippen LogP contribution in [-0.4, -0.2) is 17.8 Å². The highest BCUT2D eigenvalue weighted by Gasteiger charge is 2.55. The molecule has 0 aromatic heterocycles. The van der Waals surface area contributed by atoms with E-state index in [0.29, 0.717) is 17.4 Å². The summed E-state index contributed by atoms with van der Waals surface area (Å²) in [5.41, 5.74) is 6.09. The number of rotatable bonds is 4. The van der Waals surface area contributed by atoms with Crippen molar-refractivity contribution in [3.05, 3.63) is 35.4 Å². The van der Waals surface area contributed by atoms with Gasteiger partial charge in [-0.3, -0.25) is 0 Å². The maximum Gasteiger partial charge on any atom is 0.129 e. The molecule has 4 atom stereocenters. The van der Waals surface area contributed by atoms with Crippen LogP contribution in [0.1, 0.15) is 37.2 Å². The Balaban J connectivity index is 1.79. The smallest absolute Gasteiger partial charge is 0.129 e. The van der Waals surface area contributed by atoms with Gasteiger partial charge in [-0.15, -0.1) is 0 Å². The van der Waals surface area contributed by atoms with E-state index >= 15 is 0 Å². The molecule has 1 aromatic carbocycles. The second-order valence-corrected chi connectivity index (χ2v) is 6.19. The molecule has 0 aliphatic heterocycles. The fraction of sp³-hybridized carbons (Fsp3) is 0.625. The van der Waals surface area contributed by atoms with Gasteiger partial charge in [0.1, 0.15) is 11.6 Å². The predicted octanol–water partition coefficient (Wildman–Crippen LogP) is 2.80. The van der Waals surface area contributed by atoms with Gasteiger partial charge in [-0.05, 0) is 42.2 Å². The van der Waals surface area contributed by atoms with E-state index < -0.39 is 23.7 Å². The molecule has 2 nitrogen and oxygen atoms in total. The van der Waals surface area contributed by atoms with Gasteiger partial charge in [-0.25, -0.2) is 8.78 Å². The first-order valence-corrected chi connectivity index (χ1v) is 7.46. The summed E-state index contributed by atoms with van der Waals surface area (Å²) in [7, 11) is 0. The van der Waals surface area contributed by atoms with Crippen molar-refractivity contribution in [2.45, 2.75) is 37.7 Å². The molecule has 0 heterocycles. The Morgan fingerprint density at radius 2 is 1.85 bits per heavy atom. The quantitative estimate of drug-likeness (QED) is 0.891. The number of hydrogen-bond acceptors (Lipinski definition) is 2. The number of fused-ring (bicyclic) bond motifs is 1. The van der Waals surface area contributed by atoms with E-state index in [-0.39, 0.29) is 12.5 Å². The topological polar surface area (TPSA) is 46.2 Å². The molecule has 3 rings (SSSR count). The highest BCUT2D eigenvalue weighted by Crippen LogP contribution is 2.58. The number of aliphatic hydroxyl groups is 1. The van der Waals surface area contributed by atoms with Crippen LogP contribution in [0.2, 0.25) is 0 Å². The summed E-state index contributed by atoms with van der Waals surface area (Å²) in [5.74, 6) is -0.242. The van der Waals surface area contributed by atoms with Gasteiger partial charge in [0.25, 0.3) is 0 Å². The number of aliphatic hydroxyl groups excluding tert-OH is 1. The Morgan fingerprint density at radius 3 is 2.40 bits per heavy atom. The molecule has 2 saturated carbocycles. The standard InChI is InChI=1S/C16H21F2NO/c17-9-5-6-10(14(18)7-9)13(8-19)16(20)15-11-3-1-2-4-12(11)15/h5-7,11-13,15-16,20H,1-4,8,19H2. The van der Waals surface area contributed by atoms with Crippen molar-refractivity contribution in [1.82, 2.24) is 0 Å². The Labute approximate surface area is 118 Å². The summed E-state index contributed by atoms with van der Waals surface area (Å²) in [6.07, 6.45) is 4.16. The number of benzene rings is 1. The lowest BCUT2D eigenvalue weighted by Crippen LogP contribution is -2.29. The van der Waals surface area contributed by atoms with E-state index in [2.05, 4.69) is 0 Å². The second-order valence-electron chi connectivity index (χ2n) is 6.19. The van der Waals surface area contributed by atoms with Crippen LogP contribution in [0.15, 0.2) is 18.2 Å². The molecule has 20 heavy (non-hydrogen) atoms. The van der Waals surface area contributed by atoms with Crippen molar-refractivity contribution >= 4 is 0 Å². The highest BCUT2D eigenvalue weighted by atomic mass is 19.1. The minimum absolute atomic E-state index is 0.180. The van der Waals surface area contributed by atoms with E-state index in [1.54, 1.807) is 0 Å². The third-order valence-electron chi connectivity index (χ3n) is 5.15. The lowest BCUT2D eigenvalue weighted by Gasteiger charge is -2.23. The zero-order chi connectivity index (χ0) is 14.3. The van der Waals surface area contributed by atoms with Crippen LogP contribution in [0.25, 0.3) is 0 Å². The maximum absolute atomic E-state index is 13.9. The molecule has 0 spiro atoms. The van der Waals surface area contributed by atoms with Crippen LogP contribution in [0, 0.1) is 29.4 Å². The van der Waals surface area contributed by atoms with Crippen molar-refractivity contribution in [1.29, 1.82) is 0 Å². The van der Waals surface area contributed by atoms with E-state index in [9.17, 15) is 13.9 Å². The van der Waals surface area contributed by atoms with Gasteiger partial charge in [-0.2, -0.15) is 0 Å². The molecule has 3 N–H and O–H groups in total. The first-order chi connectivity index (χ1) is 9.63. The molecule has 2 aliphatic carbocycles. The largest absolute Gasteiger partial charge is 0.392 e. The lowest BCUT2D eigenvalue weighted by molar-refractivity contribution is 0.111. The summed E-state index contributed by atoms with van der Waals surface area (Å²) in [4.78, 5) is 0. The summed E-state index contributed by atoms with van der Waals surface area (Å²) < 4.78 is 26.9. The van der Waals surface area contributed by atoms with Crippen LogP contribution in [0.3, 0.4) is 0 Å². The lowest BCUT2D eigenvalue weighted by atomic mass is 9.89. The van der Waals surface area contributed by atoms with E-state index in [0.717, 1.165) is 18.9 Å². The van der Waals surface area contributed by atoms with Crippen molar-refractivity contribution in [3.8, 4) is 0 Å². The van der Waals surface area contributed by atoms with E-state index in [1.165, 1.54) is 25.0 Å². The summed E-state index contributed by atoms with van der Waals surface area (Å²) in [6, 6.07) is 3.51. The van der Waals surface area contributed by atoms with Gasteiger partial charge < -0.3 is 10.8 Å². The van der Waals surface area contributed by atoms with Gasteiger partial charge in [0.2, 0.25) is 0 Å². The zero-order valence-electron chi connectivity index (χ0n) is 11.4. The minimum atomic E-state index is -0.618. The van der Waals surface area contributed by atoms with Gasteiger partial charge in [-0.1, -0.05) is 18.9 Å². The Hall–Kier alpha value is -1.00. The zero-order valence-corrected chi connectivity index (χ0v) is 11.4. The monoisotopic (exact) mass is 281 g/mol. The Bertz CT molecular complexity index is 481. The summed E-state index contributed by atoms with van der Waals surface area (Å²) in [5, 5.41) is 10.6. The van der Waals surface area contributed by atoms with Gasteiger partial charge >= 0.3 is 0 Å². The second kappa shape index (κ2) is 5.41. The molecular weight excluding hydrogens is 260 g/mol. The predicted molar refractivity (Wildman–Crippen MR) is 73.1 cm³/mol. The van der Waals surface area contributed by atoms with Crippen LogP contribution >= 0.6 is 0 Å². The van der Waals surface area contributed by atoms with Crippen molar-refractivity contribution in [2.24, 2.45) is 23.5 Å². The minimum Gasteiger partial charge on any atom is -0.392 e. The molecular formula is C16H21F2NO. The molecule has 2 aliphatic rings. The first kappa shape index (κ1) is 14.0. The fourth-order valence-corrected chi connectivity index (χ4v) is 4.08. The maximum atomic E-state index is 13.9. The molecule has 2 fully saturated rings. The van der Waals surface area contributed by atoms with Gasteiger partial charge in [0.05, 0.1) is 6.10 Å². The molecule has 0 radical (unpaired) electrons. The molecule has 0 bridgehead atoms. The van der Waals surface area contributed by atoms with Gasteiger partial charge in [0.15, 0.2) is 0 Å². The number of hydrogen-bond donors (Lipinski definition) is 2. The van der Waals surface area contributed by atoms with Crippen LogP contribution in [0.5, 0.6) is 0 Å². The van der Waals surface area contributed by atoms with E-state index in [1.807, 2.05) is 0 Å². The molecule has 4 unspecified atom stereocenters. The first-order valence-electron chi connectivity index (χ1n) is 7.46. The fourth-order valence-electron chi connectivity index (χ4n) is 4.08. The van der Waals surface area contributed by atoms with Gasteiger partial charge in [0, 0.05) is 18.5 Å².